The van der Waals surface area contributed by atoms with Gasteiger partial charge in [-0.15, -0.1) is 0 Å². The van der Waals surface area contributed by atoms with Gasteiger partial charge in [-0.2, -0.15) is 0 Å². The molecule has 0 unspecified atom stereocenters. The van der Waals surface area contributed by atoms with Crippen molar-refractivity contribution in [2.24, 2.45) is 5.73 Å². The third kappa shape index (κ3) is 3.45. The Labute approximate surface area is 126 Å². The third-order valence-corrected chi connectivity index (χ3v) is 4.26. The molecule has 0 saturated heterocycles. The van der Waals surface area contributed by atoms with Crippen molar-refractivity contribution in [1.82, 2.24) is 9.88 Å². The fourth-order valence-corrected chi connectivity index (χ4v) is 2.53. The zero-order valence-electron chi connectivity index (χ0n) is 12.9. The van der Waals surface area contributed by atoms with Crippen molar-refractivity contribution in [1.29, 1.82) is 0 Å². The van der Waals surface area contributed by atoms with Gasteiger partial charge in [0.15, 0.2) is 0 Å². The zero-order valence-corrected chi connectivity index (χ0v) is 12.9. The molecule has 2 aromatic rings. The van der Waals surface area contributed by atoms with Crippen LogP contribution in [0.25, 0.3) is 10.9 Å². The van der Waals surface area contributed by atoms with Crippen molar-refractivity contribution in [3.63, 3.8) is 0 Å². The van der Waals surface area contributed by atoms with Crippen molar-refractivity contribution in [2.45, 2.75) is 45.2 Å². The van der Waals surface area contributed by atoms with Gasteiger partial charge in [0.05, 0.1) is 5.54 Å². The number of nitrogens with one attached hydrogen (secondary N) is 1. The quantitative estimate of drug-likeness (QED) is 0.769. The topological polar surface area (TPSA) is 60.1 Å². The smallest absolute Gasteiger partial charge is 0.240 e. The number of rotatable bonds is 7. The van der Waals surface area contributed by atoms with Crippen LogP contribution in [-0.2, 0) is 11.3 Å². The highest BCUT2D eigenvalue weighted by Crippen LogP contribution is 2.15. The summed E-state index contributed by atoms with van der Waals surface area (Å²) in [5.74, 6) is -0.0372. The maximum absolute atomic E-state index is 12.1. The van der Waals surface area contributed by atoms with Gasteiger partial charge in [-0.05, 0) is 36.8 Å². The average Bonchev–Trinajstić information content (AvgIpc) is 2.93. The van der Waals surface area contributed by atoms with Crippen LogP contribution < -0.4 is 11.1 Å². The van der Waals surface area contributed by atoms with Crippen molar-refractivity contribution >= 4 is 16.8 Å². The number of benzene rings is 1. The Morgan fingerprint density at radius 3 is 2.67 bits per heavy atom. The molecule has 0 fully saturated rings. The van der Waals surface area contributed by atoms with Crippen LogP contribution in [0.5, 0.6) is 0 Å². The molecule has 0 radical (unpaired) electrons. The van der Waals surface area contributed by atoms with E-state index in [9.17, 15) is 4.79 Å². The normalized spacial score (nSPS) is 11.8. The molecule has 0 aliphatic rings. The molecule has 0 saturated carbocycles. The lowest BCUT2D eigenvalue weighted by Crippen LogP contribution is -2.53. The molecule has 3 N–H and O–H groups in total. The first-order valence-electron chi connectivity index (χ1n) is 7.72. The number of amides is 1. The van der Waals surface area contributed by atoms with E-state index in [4.69, 9.17) is 5.73 Å². The lowest BCUT2D eigenvalue weighted by Gasteiger charge is -2.25. The van der Waals surface area contributed by atoms with Crippen LogP contribution >= 0.6 is 0 Å². The number of aromatic nitrogens is 1. The highest BCUT2D eigenvalue weighted by Gasteiger charge is 2.29. The lowest BCUT2D eigenvalue weighted by molar-refractivity contribution is -0.126. The van der Waals surface area contributed by atoms with Crippen LogP contribution in [0.4, 0.5) is 0 Å². The van der Waals surface area contributed by atoms with Gasteiger partial charge in [0.25, 0.3) is 0 Å². The van der Waals surface area contributed by atoms with E-state index in [0.717, 1.165) is 13.0 Å². The van der Waals surface area contributed by atoms with E-state index < -0.39 is 5.54 Å². The number of para-hydroxylation sites is 1. The Hall–Kier alpha value is -1.81. The molecule has 1 aromatic carbocycles. The SMILES string of the molecule is CCC(N)(CC)C(=O)NCCCn1ccc2ccccc21. The Balaban J connectivity index is 1.84. The number of carbonyl (C=O) groups is 1. The van der Waals surface area contributed by atoms with Crippen molar-refractivity contribution in [2.75, 3.05) is 6.54 Å². The van der Waals surface area contributed by atoms with Crippen molar-refractivity contribution in [3.05, 3.63) is 36.5 Å². The maximum atomic E-state index is 12.1. The molecule has 0 bridgehead atoms. The minimum atomic E-state index is -0.722. The van der Waals surface area contributed by atoms with Gasteiger partial charge in [-0.3, -0.25) is 4.79 Å². The minimum absolute atomic E-state index is 0.0372. The Morgan fingerprint density at radius 1 is 1.24 bits per heavy atom. The van der Waals surface area contributed by atoms with Gasteiger partial charge < -0.3 is 15.6 Å². The van der Waals surface area contributed by atoms with E-state index in [-0.39, 0.29) is 5.91 Å². The van der Waals surface area contributed by atoms with Gasteiger partial charge in [-0.1, -0.05) is 32.0 Å². The maximum Gasteiger partial charge on any atom is 0.240 e. The fourth-order valence-electron chi connectivity index (χ4n) is 2.53. The lowest BCUT2D eigenvalue weighted by atomic mass is 9.93. The summed E-state index contributed by atoms with van der Waals surface area (Å²) in [5, 5.41) is 4.21. The molecule has 0 aliphatic carbocycles. The number of aryl methyl sites for hydroxylation is 1. The summed E-state index contributed by atoms with van der Waals surface area (Å²) in [5.41, 5.74) is 6.59. The first-order chi connectivity index (χ1) is 10.1. The molecule has 1 heterocycles. The van der Waals surface area contributed by atoms with Gasteiger partial charge >= 0.3 is 0 Å². The standard InChI is InChI=1S/C17H25N3O/c1-3-17(18,4-2)16(21)19-11-7-12-20-13-10-14-8-5-6-9-15(14)20/h5-6,8-10,13H,3-4,7,11-12,18H2,1-2H3,(H,19,21). The summed E-state index contributed by atoms with van der Waals surface area (Å²) in [6, 6.07) is 10.4. The largest absolute Gasteiger partial charge is 0.354 e. The zero-order chi connectivity index (χ0) is 15.3. The predicted molar refractivity (Wildman–Crippen MR) is 87.1 cm³/mol. The number of hydrogen-bond acceptors (Lipinski definition) is 2. The molecule has 1 aromatic heterocycles. The molecule has 4 heteroatoms. The summed E-state index contributed by atoms with van der Waals surface area (Å²) >= 11 is 0. The molecule has 2 rings (SSSR count). The van der Waals surface area contributed by atoms with E-state index in [1.54, 1.807) is 0 Å². The average molecular weight is 287 g/mol. The minimum Gasteiger partial charge on any atom is -0.354 e. The second kappa shape index (κ2) is 6.76. The van der Waals surface area contributed by atoms with Crippen molar-refractivity contribution < 1.29 is 4.79 Å². The second-order valence-corrected chi connectivity index (χ2v) is 5.54. The Bertz CT molecular complexity index is 599. The van der Waals surface area contributed by atoms with Gasteiger partial charge in [0.2, 0.25) is 5.91 Å². The van der Waals surface area contributed by atoms with Crippen LogP contribution in [0.1, 0.15) is 33.1 Å². The summed E-state index contributed by atoms with van der Waals surface area (Å²) in [4.78, 5) is 12.1. The van der Waals surface area contributed by atoms with E-state index in [1.807, 2.05) is 26.0 Å². The number of hydrogen-bond donors (Lipinski definition) is 2. The monoisotopic (exact) mass is 287 g/mol. The number of nitrogens with zero attached hydrogens (tertiary/aromatic N) is 1. The Morgan fingerprint density at radius 2 is 1.95 bits per heavy atom. The summed E-state index contributed by atoms with van der Waals surface area (Å²) in [6.45, 7) is 5.46. The van der Waals surface area contributed by atoms with Crippen LogP contribution in [0.3, 0.4) is 0 Å². The number of nitrogens with two attached hydrogens (primary N) is 1. The summed E-state index contributed by atoms with van der Waals surface area (Å²) in [6.07, 6.45) is 4.32. The van der Waals surface area contributed by atoms with E-state index in [1.165, 1.54) is 10.9 Å². The van der Waals surface area contributed by atoms with E-state index in [0.29, 0.717) is 19.4 Å². The van der Waals surface area contributed by atoms with Gasteiger partial charge in [0.1, 0.15) is 0 Å². The molecular weight excluding hydrogens is 262 g/mol. The number of fused-ring (bicyclic) bond motifs is 1. The van der Waals surface area contributed by atoms with Crippen LogP contribution in [0.2, 0.25) is 0 Å². The molecule has 1 amide bonds. The first-order valence-corrected chi connectivity index (χ1v) is 7.72. The molecule has 21 heavy (non-hydrogen) atoms. The van der Waals surface area contributed by atoms with Gasteiger partial charge in [-0.25, -0.2) is 0 Å². The third-order valence-electron chi connectivity index (χ3n) is 4.26. The molecule has 0 aliphatic heterocycles. The molecule has 114 valence electrons. The first kappa shape index (κ1) is 15.6. The molecule has 4 nitrogen and oxygen atoms in total. The summed E-state index contributed by atoms with van der Waals surface area (Å²) < 4.78 is 2.22. The highest BCUT2D eigenvalue weighted by atomic mass is 16.2. The predicted octanol–water partition coefficient (Wildman–Crippen LogP) is 2.67. The number of carbonyl (C=O) groups excluding carboxylic acids is 1. The Kier molecular flexibility index (Phi) is 5.02. The van der Waals surface area contributed by atoms with Crippen LogP contribution in [-0.4, -0.2) is 22.6 Å². The molecular formula is C17H25N3O. The van der Waals surface area contributed by atoms with Gasteiger partial charge in [0, 0.05) is 24.8 Å². The summed E-state index contributed by atoms with van der Waals surface area (Å²) in [7, 11) is 0. The fraction of sp³-hybridized carbons (Fsp3) is 0.471. The van der Waals surface area contributed by atoms with E-state index in [2.05, 4.69) is 34.3 Å². The van der Waals surface area contributed by atoms with Crippen LogP contribution in [0, 0.1) is 0 Å². The highest BCUT2D eigenvalue weighted by molar-refractivity contribution is 5.85. The van der Waals surface area contributed by atoms with Crippen molar-refractivity contribution in [3.8, 4) is 0 Å². The second-order valence-electron chi connectivity index (χ2n) is 5.54. The molecule has 0 atom stereocenters. The van der Waals surface area contributed by atoms with Crippen LogP contribution in [0.15, 0.2) is 36.5 Å². The van der Waals surface area contributed by atoms with E-state index >= 15 is 0 Å². The molecule has 0 spiro atoms.